The van der Waals surface area contributed by atoms with Crippen molar-refractivity contribution in [1.82, 2.24) is 24.8 Å². The summed E-state index contributed by atoms with van der Waals surface area (Å²) in [6.07, 6.45) is 3.66. The van der Waals surface area contributed by atoms with Crippen molar-refractivity contribution in [2.24, 2.45) is 0 Å². The predicted octanol–water partition coefficient (Wildman–Crippen LogP) is 6.85. The van der Waals surface area contributed by atoms with Crippen LogP contribution in [0, 0.1) is 0 Å². The Morgan fingerprint density at radius 3 is 2.08 bits per heavy atom. The monoisotopic (exact) mass is 568 g/mol. The lowest BCUT2D eigenvalue weighted by Gasteiger charge is -2.39. The molecule has 2 aromatic heterocycles. The van der Waals surface area contributed by atoms with E-state index in [1.54, 1.807) is 6.20 Å². The summed E-state index contributed by atoms with van der Waals surface area (Å²) in [5.74, 6) is 1.68. The van der Waals surface area contributed by atoms with Gasteiger partial charge >= 0.3 is 0 Å². The van der Waals surface area contributed by atoms with E-state index in [2.05, 4.69) is 62.6 Å². The summed E-state index contributed by atoms with van der Waals surface area (Å²) >= 11 is 12.4. The Kier molecular flexibility index (Phi) is 8.21. The van der Waals surface area contributed by atoms with Gasteiger partial charge in [-0.3, -0.25) is 14.8 Å². The molecule has 1 saturated heterocycles. The molecule has 0 radical (unpaired) electrons. The summed E-state index contributed by atoms with van der Waals surface area (Å²) in [7, 11) is 0. The van der Waals surface area contributed by atoms with Gasteiger partial charge in [0.15, 0.2) is 0 Å². The molecule has 1 aliphatic rings. The molecule has 0 atom stereocenters. The fourth-order valence-corrected chi connectivity index (χ4v) is 5.55. The minimum atomic E-state index is 0.136. The number of hydrogen-bond acceptors (Lipinski definition) is 6. The number of aromatic nitrogens is 3. The van der Waals surface area contributed by atoms with Crippen LogP contribution in [-0.2, 0) is 13.1 Å². The quantitative estimate of drug-likeness (QED) is 0.221. The Labute approximate surface area is 244 Å². The van der Waals surface area contributed by atoms with Crippen LogP contribution in [0.5, 0.6) is 0 Å². The highest BCUT2D eigenvalue weighted by Crippen LogP contribution is 2.31. The lowest BCUT2D eigenvalue weighted by Crippen LogP contribution is -2.47. The van der Waals surface area contributed by atoms with Gasteiger partial charge in [-0.1, -0.05) is 65.7 Å². The molecule has 0 bridgehead atoms. The fourth-order valence-electron chi connectivity index (χ4n) is 5.30. The molecule has 0 aliphatic carbocycles. The van der Waals surface area contributed by atoms with Crippen LogP contribution in [0.25, 0.3) is 10.9 Å². The van der Waals surface area contributed by atoms with Gasteiger partial charge in [0, 0.05) is 60.5 Å². The second kappa shape index (κ2) is 12.3. The van der Waals surface area contributed by atoms with Crippen molar-refractivity contribution in [2.45, 2.75) is 19.1 Å². The van der Waals surface area contributed by atoms with Crippen molar-refractivity contribution < 1.29 is 0 Å². The third-order valence-electron chi connectivity index (χ3n) is 7.34. The number of pyridine rings is 1. The molecule has 6 nitrogen and oxygen atoms in total. The molecule has 8 heteroatoms. The fraction of sp³-hybridized carbons (Fsp3) is 0.219. The van der Waals surface area contributed by atoms with E-state index in [0.29, 0.717) is 13.1 Å². The largest absolute Gasteiger partial charge is 0.365 e. The van der Waals surface area contributed by atoms with Crippen LogP contribution in [0.2, 0.25) is 10.0 Å². The predicted molar refractivity (Wildman–Crippen MR) is 163 cm³/mol. The molecule has 0 amide bonds. The first kappa shape index (κ1) is 26.7. The minimum Gasteiger partial charge on any atom is -0.365 e. The van der Waals surface area contributed by atoms with Crippen LogP contribution in [0.15, 0.2) is 97.3 Å². The molecule has 0 saturated carbocycles. The zero-order chi connectivity index (χ0) is 27.3. The van der Waals surface area contributed by atoms with Crippen LogP contribution in [0.4, 0.5) is 5.82 Å². The average Bonchev–Trinajstić information content (AvgIpc) is 2.99. The Hall–Kier alpha value is -3.55. The first-order valence-corrected chi connectivity index (χ1v) is 14.2. The first-order chi connectivity index (χ1) is 19.6. The second-order valence-electron chi connectivity index (χ2n) is 10.0. The topological polar surface area (TPSA) is 57.2 Å². The number of anilines is 1. The lowest BCUT2D eigenvalue weighted by atomic mass is 9.96. The SMILES string of the molecule is Clc1ccc(C(c2ccc(Cl)cc2)N2CCN(Cc3nc(NCc4cccnc4)c4ccccc4n3)CC2)cc1. The number of rotatable bonds is 8. The van der Waals surface area contributed by atoms with E-state index in [9.17, 15) is 0 Å². The molecule has 0 spiro atoms. The van der Waals surface area contributed by atoms with Gasteiger partial charge in [0.25, 0.3) is 0 Å². The normalized spacial score (nSPS) is 14.6. The standard InChI is InChI=1S/C32H30Cl2N6/c33-26-11-7-24(8-12-26)31(25-9-13-27(34)14-10-25)40-18-16-39(17-19-40)22-30-37-29-6-2-1-5-28(29)32(38-30)36-21-23-4-3-15-35-20-23/h1-15,20,31H,16-19,21-22H2,(H,36,37,38). The van der Waals surface area contributed by atoms with Crippen LogP contribution < -0.4 is 5.32 Å². The molecule has 3 aromatic carbocycles. The second-order valence-corrected chi connectivity index (χ2v) is 10.9. The van der Waals surface area contributed by atoms with Gasteiger partial charge in [0.2, 0.25) is 0 Å². The van der Waals surface area contributed by atoms with Gasteiger partial charge in [-0.25, -0.2) is 9.97 Å². The summed E-state index contributed by atoms with van der Waals surface area (Å²) in [6, 6.07) is 28.7. The van der Waals surface area contributed by atoms with Crippen LogP contribution in [0.3, 0.4) is 0 Å². The maximum atomic E-state index is 6.21. The van der Waals surface area contributed by atoms with Crippen molar-refractivity contribution in [3.05, 3.63) is 130 Å². The van der Waals surface area contributed by atoms with E-state index in [-0.39, 0.29) is 6.04 Å². The summed E-state index contributed by atoms with van der Waals surface area (Å²) in [4.78, 5) is 19.1. The van der Waals surface area contributed by atoms with Crippen LogP contribution in [0.1, 0.15) is 28.6 Å². The minimum absolute atomic E-state index is 0.136. The molecule has 3 heterocycles. The lowest BCUT2D eigenvalue weighted by molar-refractivity contribution is 0.103. The third kappa shape index (κ3) is 6.26. The smallest absolute Gasteiger partial charge is 0.145 e. The number of nitrogens with zero attached hydrogens (tertiary/aromatic N) is 5. The van der Waals surface area contributed by atoms with Crippen molar-refractivity contribution in [3.8, 4) is 0 Å². The van der Waals surface area contributed by atoms with Crippen molar-refractivity contribution in [1.29, 1.82) is 0 Å². The molecule has 40 heavy (non-hydrogen) atoms. The Morgan fingerprint density at radius 1 is 0.750 bits per heavy atom. The van der Waals surface area contributed by atoms with Gasteiger partial charge in [0.1, 0.15) is 11.6 Å². The van der Waals surface area contributed by atoms with Gasteiger partial charge < -0.3 is 5.32 Å². The van der Waals surface area contributed by atoms with Crippen LogP contribution >= 0.6 is 23.2 Å². The molecule has 202 valence electrons. The highest BCUT2D eigenvalue weighted by molar-refractivity contribution is 6.30. The molecule has 0 unspecified atom stereocenters. The zero-order valence-electron chi connectivity index (χ0n) is 22.0. The molecule has 5 aromatic rings. The molecular weight excluding hydrogens is 539 g/mol. The summed E-state index contributed by atoms with van der Waals surface area (Å²) in [5.41, 5.74) is 4.51. The number of piperazine rings is 1. The number of nitrogens with one attached hydrogen (secondary N) is 1. The van der Waals surface area contributed by atoms with E-state index in [0.717, 1.165) is 64.3 Å². The zero-order valence-corrected chi connectivity index (χ0v) is 23.6. The average molecular weight is 570 g/mol. The number of para-hydroxylation sites is 1. The van der Waals surface area contributed by atoms with E-state index >= 15 is 0 Å². The van der Waals surface area contributed by atoms with E-state index in [1.165, 1.54) is 11.1 Å². The Bertz CT molecular complexity index is 1510. The third-order valence-corrected chi connectivity index (χ3v) is 7.84. The van der Waals surface area contributed by atoms with Crippen LogP contribution in [-0.4, -0.2) is 50.9 Å². The number of benzene rings is 3. The highest BCUT2D eigenvalue weighted by Gasteiger charge is 2.27. The molecule has 1 N–H and O–H groups in total. The summed E-state index contributed by atoms with van der Waals surface area (Å²) in [5, 5.41) is 6.02. The number of halogens is 2. The van der Waals surface area contributed by atoms with Gasteiger partial charge in [-0.05, 0) is 59.2 Å². The maximum Gasteiger partial charge on any atom is 0.145 e. The maximum absolute atomic E-state index is 6.21. The molecular formula is C32H30Cl2N6. The number of fused-ring (bicyclic) bond motifs is 1. The number of hydrogen-bond donors (Lipinski definition) is 1. The van der Waals surface area contributed by atoms with Crippen molar-refractivity contribution >= 4 is 39.9 Å². The van der Waals surface area contributed by atoms with Crippen molar-refractivity contribution in [2.75, 3.05) is 31.5 Å². The Balaban J connectivity index is 1.17. The first-order valence-electron chi connectivity index (χ1n) is 13.5. The summed E-state index contributed by atoms with van der Waals surface area (Å²) in [6.45, 7) is 5.06. The molecule has 6 rings (SSSR count). The van der Waals surface area contributed by atoms with E-state index in [4.69, 9.17) is 33.2 Å². The Morgan fingerprint density at radius 2 is 1.43 bits per heavy atom. The van der Waals surface area contributed by atoms with Gasteiger partial charge in [0.05, 0.1) is 18.1 Å². The molecule has 1 fully saturated rings. The van der Waals surface area contributed by atoms with E-state index in [1.807, 2.05) is 48.7 Å². The summed E-state index contributed by atoms with van der Waals surface area (Å²) < 4.78 is 0. The van der Waals surface area contributed by atoms with E-state index < -0.39 is 0 Å². The highest BCUT2D eigenvalue weighted by atomic mass is 35.5. The molecule has 1 aliphatic heterocycles. The van der Waals surface area contributed by atoms with Gasteiger partial charge in [-0.15, -0.1) is 0 Å². The van der Waals surface area contributed by atoms with Gasteiger partial charge in [-0.2, -0.15) is 0 Å². The van der Waals surface area contributed by atoms with Crippen molar-refractivity contribution in [3.63, 3.8) is 0 Å².